The van der Waals surface area contributed by atoms with E-state index in [2.05, 4.69) is 71.9 Å². The smallest absolute Gasteiger partial charge is 0.00154 e. The Hall–Kier alpha value is -1.30. The molecule has 2 aromatic carbocycles. The summed E-state index contributed by atoms with van der Waals surface area (Å²) in [5, 5.41) is 3.00. The van der Waals surface area contributed by atoms with Crippen molar-refractivity contribution in [1.29, 1.82) is 0 Å². The summed E-state index contributed by atoms with van der Waals surface area (Å²) in [5.74, 6) is 2.62. The number of aryl methyl sites for hydroxylation is 2. The molecular formula is C28H38. The molecule has 0 radical (unpaired) electrons. The largest absolute Gasteiger partial charge is 0.0625 e. The number of benzene rings is 2. The molecule has 5 atom stereocenters. The number of hydrogen-bond acceptors (Lipinski definition) is 0. The van der Waals surface area contributed by atoms with E-state index in [0.717, 1.165) is 17.8 Å². The first kappa shape index (κ1) is 18.7. The van der Waals surface area contributed by atoms with Gasteiger partial charge in [-0.05, 0) is 107 Å². The maximum atomic E-state index is 2.68. The minimum absolute atomic E-state index is 0.328. The van der Waals surface area contributed by atoms with Crippen LogP contribution in [0.15, 0.2) is 30.3 Å². The zero-order valence-electron chi connectivity index (χ0n) is 18.9. The fraction of sp³-hybridized carbons (Fsp3) is 0.643. The lowest BCUT2D eigenvalue weighted by molar-refractivity contribution is -0.0853. The van der Waals surface area contributed by atoms with Crippen molar-refractivity contribution >= 4 is 10.8 Å². The second kappa shape index (κ2) is 5.87. The van der Waals surface area contributed by atoms with E-state index in [1.54, 1.807) is 11.1 Å². The van der Waals surface area contributed by atoms with Crippen molar-refractivity contribution in [3.8, 4) is 0 Å². The third-order valence-electron chi connectivity index (χ3n) is 10.3. The van der Waals surface area contributed by atoms with Crippen molar-refractivity contribution in [3.05, 3.63) is 47.0 Å². The van der Waals surface area contributed by atoms with Crippen LogP contribution in [0, 0.1) is 35.5 Å². The van der Waals surface area contributed by atoms with Crippen LogP contribution in [0.3, 0.4) is 0 Å². The molecule has 5 rings (SSSR count). The molecule has 0 amide bonds. The van der Waals surface area contributed by atoms with Gasteiger partial charge in [-0.25, -0.2) is 0 Å². The van der Waals surface area contributed by atoms with Crippen LogP contribution in [0.2, 0.25) is 0 Å². The molecule has 3 aliphatic carbocycles. The molecule has 2 aromatic rings. The normalized spacial score (nSPS) is 39.7. The molecule has 0 bridgehead atoms. The van der Waals surface area contributed by atoms with Crippen molar-refractivity contribution in [2.45, 2.75) is 85.5 Å². The highest BCUT2D eigenvalue weighted by Crippen LogP contribution is 2.71. The fourth-order valence-electron chi connectivity index (χ4n) is 8.60. The van der Waals surface area contributed by atoms with Crippen molar-refractivity contribution < 1.29 is 0 Å². The minimum atomic E-state index is 0.328. The average Bonchev–Trinajstić information content (AvgIpc) is 3.02. The first-order valence-electron chi connectivity index (χ1n) is 11.7. The van der Waals surface area contributed by atoms with Gasteiger partial charge >= 0.3 is 0 Å². The van der Waals surface area contributed by atoms with Gasteiger partial charge in [0.25, 0.3) is 0 Å². The maximum Gasteiger partial charge on any atom is -0.00154 e. The number of rotatable bonds is 1. The van der Waals surface area contributed by atoms with Crippen molar-refractivity contribution in [1.82, 2.24) is 0 Å². The zero-order valence-corrected chi connectivity index (χ0v) is 18.9. The summed E-state index contributed by atoms with van der Waals surface area (Å²) in [7, 11) is 0. The third-order valence-corrected chi connectivity index (χ3v) is 10.3. The van der Waals surface area contributed by atoms with E-state index in [0.29, 0.717) is 16.2 Å². The van der Waals surface area contributed by atoms with Gasteiger partial charge in [0.05, 0.1) is 0 Å². The third kappa shape index (κ3) is 2.13. The molecule has 0 aliphatic heterocycles. The van der Waals surface area contributed by atoms with Crippen molar-refractivity contribution in [3.63, 3.8) is 0 Å². The van der Waals surface area contributed by atoms with E-state index >= 15 is 0 Å². The van der Waals surface area contributed by atoms with Crippen LogP contribution in [-0.2, 0) is 11.8 Å². The monoisotopic (exact) mass is 374 g/mol. The summed E-state index contributed by atoms with van der Waals surface area (Å²) in [6.07, 6.45) is 8.32. The summed E-state index contributed by atoms with van der Waals surface area (Å²) in [5.41, 5.74) is 6.10. The molecule has 2 fully saturated rings. The number of hydrogen-bond donors (Lipinski definition) is 0. The van der Waals surface area contributed by atoms with Gasteiger partial charge in [0.1, 0.15) is 0 Å². The molecule has 5 unspecified atom stereocenters. The van der Waals surface area contributed by atoms with Crippen LogP contribution >= 0.6 is 0 Å². The zero-order chi connectivity index (χ0) is 19.9. The Labute approximate surface area is 172 Å². The summed E-state index contributed by atoms with van der Waals surface area (Å²) in [6, 6.07) is 11.9. The average molecular weight is 375 g/mol. The van der Waals surface area contributed by atoms with E-state index in [1.807, 2.05) is 0 Å². The SMILES string of the molecule is Cc1cccc2c3c(ccc12)C1(C)CCC2(C)C(C(C)C)CCC2C1(C)CC3. The van der Waals surface area contributed by atoms with Crippen molar-refractivity contribution in [2.24, 2.45) is 28.6 Å². The van der Waals surface area contributed by atoms with E-state index in [9.17, 15) is 0 Å². The molecule has 28 heavy (non-hydrogen) atoms. The number of fused-ring (bicyclic) bond motifs is 7. The van der Waals surface area contributed by atoms with Gasteiger partial charge in [-0.15, -0.1) is 0 Å². The Kier molecular flexibility index (Phi) is 3.92. The summed E-state index contributed by atoms with van der Waals surface area (Å²) in [6.45, 7) is 15.2. The van der Waals surface area contributed by atoms with Gasteiger partial charge < -0.3 is 0 Å². The summed E-state index contributed by atoms with van der Waals surface area (Å²) >= 11 is 0. The molecule has 0 saturated heterocycles. The van der Waals surface area contributed by atoms with Crippen LogP contribution in [0.5, 0.6) is 0 Å². The summed E-state index contributed by atoms with van der Waals surface area (Å²) < 4.78 is 0. The summed E-state index contributed by atoms with van der Waals surface area (Å²) in [4.78, 5) is 0. The van der Waals surface area contributed by atoms with Gasteiger partial charge in [-0.1, -0.05) is 65.0 Å². The van der Waals surface area contributed by atoms with Crippen LogP contribution in [0.1, 0.15) is 83.4 Å². The lowest BCUT2D eigenvalue weighted by atomic mass is 9.41. The molecule has 0 heteroatoms. The Morgan fingerprint density at radius 1 is 0.893 bits per heavy atom. The van der Waals surface area contributed by atoms with E-state index in [1.165, 1.54) is 54.9 Å². The first-order chi connectivity index (χ1) is 13.2. The maximum absolute atomic E-state index is 2.68. The molecule has 0 aromatic heterocycles. The minimum Gasteiger partial charge on any atom is -0.0625 e. The van der Waals surface area contributed by atoms with E-state index in [-0.39, 0.29) is 0 Å². The van der Waals surface area contributed by atoms with Crippen molar-refractivity contribution in [2.75, 3.05) is 0 Å². The predicted molar refractivity (Wildman–Crippen MR) is 121 cm³/mol. The molecular weight excluding hydrogens is 336 g/mol. The van der Waals surface area contributed by atoms with Gasteiger partial charge in [-0.3, -0.25) is 0 Å². The van der Waals surface area contributed by atoms with E-state index in [4.69, 9.17) is 0 Å². The highest BCUT2D eigenvalue weighted by Gasteiger charge is 2.64. The predicted octanol–water partition coefficient (Wildman–Crippen LogP) is 7.84. The van der Waals surface area contributed by atoms with Gasteiger partial charge in [-0.2, -0.15) is 0 Å². The van der Waals surface area contributed by atoms with Gasteiger partial charge in [0.2, 0.25) is 0 Å². The Morgan fingerprint density at radius 3 is 2.43 bits per heavy atom. The second-order valence-electron chi connectivity index (χ2n) is 11.5. The Morgan fingerprint density at radius 2 is 1.68 bits per heavy atom. The van der Waals surface area contributed by atoms with Crippen LogP contribution < -0.4 is 0 Å². The first-order valence-corrected chi connectivity index (χ1v) is 11.7. The van der Waals surface area contributed by atoms with Gasteiger partial charge in [0, 0.05) is 0 Å². The van der Waals surface area contributed by atoms with E-state index < -0.39 is 0 Å². The van der Waals surface area contributed by atoms with Crippen LogP contribution in [0.4, 0.5) is 0 Å². The fourth-order valence-corrected chi connectivity index (χ4v) is 8.60. The highest BCUT2D eigenvalue weighted by atomic mass is 14.7. The molecule has 3 aliphatic rings. The molecule has 150 valence electrons. The van der Waals surface area contributed by atoms with Gasteiger partial charge in [0.15, 0.2) is 0 Å². The Bertz CT molecular complexity index is 936. The Balaban J connectivity index is 1.66. The molecule has 2 saturated carbocycles. The molecule has 0 N–H and O–H groups in total. The highest BCUT2D eigenvalue weighted by molar-refractivity contribution is 5.90. The van der Waals surface area contributed by atoms with Crippen LogP contribution in [-0.4, -0.2) is 0 Å². The second-order valence-corrected chi connectivity index (χ2v) is 11.5. The molecule has 0 heterocycles. The molecule has 0 spiro atoms. The topological polar surface area (TPSA) is 0 Å². The lowest BCUT2D eigenvalue weighted by Crippen LogP contribution is -2.57. The quantitative estimate of drug-likeness (QED) is 0.477. The van der Waals surface area contributed by atoms with Crippen LogP contribution in [0.25, 0.3) is 10.8 Å². The molecule has 0 nitrogen and oxygen atoms in total. The lowest BCUT2D eigenvalue weighted by Gasteiger charge is -2.63. The standard InChI is InChI=1S/C28H38/c1-18(2)23-12-13-25-26(23,4)16-17-27(5)24-11-10-20-19(3)8-7-9-21(20)22(24)14-15-28(25,27)6/h7-11,18,23,25H,12-17H2,1-6H3.